The number of hydrogen-bond acceptors (Lipinski definition) is 3. The van der Waals surface area contributed by atoms with Crippen LogP contribution in [0.15, 0.2) is 24.3 Å². The van der Waals surface area contributed by atoms with Gasteiger partial charge in [-0.25, -0.2) is 0 Å². The molecule has 0 amide bonds. The van der Waals surface area contributed by atoms with Crippen LogP contribution in [-0.2, 0) is 4.79 Å². The number of benzene rings is 1. The van der Waals surface area contributed by atoms with Crippen molar-refractivity contribution in [3.8, 4) is 0 Å². The summed E-state index contributed by atoms with van der Waals surface area (Å²) in [4.78, 5) is 20.4. The number of aldehydes is 1. The van der Waals surface area contributed by atoms with Gasteiger partial charge in [-0.2, -0.15) is 0 Å². The van der Waals surface area contributed by atoms with Crippen molar-refractivity contribution in [1.82, 2.24) is 0 Å². The molecular formula is C12H15NO3. The van der Waals surface area contributed by atoms with Gasteiger partial charge in [-0.05, 0) is 24.3 Å². The van der Waals surface area contributed by atoms with E-state index < -0.39 is 4.92 Å². The smallest absolute Gasteiger partial charge is 0.269 e. The maximum atomic E-state index is 10.5. The van der Waals surface area contributed by atoms with Crippen LogP contribution in [0.25, 0.3) is 0 Å². The highest BCUT2D eigenvalue weighted by atomic mass is 16.6. The predicted molar refractivity (Wildman–Crippen MR) is 61.4 cm³/mol. The first-order valence-corrected chi connectivity index (χ1v) is 5.37. The summed E-state index contributed by atoms with van der Waals surface area (Å²) < 4.78 is 0. The normalized spacial score (nSPS) is 12.1. The van der Waals surface area contributed by atoms with Gasteiger partial charge in [0.1, 0.15) is 6.29 Å². The summed E-state index contributed by atoms with van der Waals surface area (Å²) in [7, 11) is 0. The molecule has 16 heavy (non-hydrogen) atoms. The highest BCUT2D eigenvalue weighted by molar-refractivity contribution is 5.49. The molecule has 0 saturated heterocycles. The Morgan fingerprint density at radius 1 is 1.38 bits per heavy atom. The zero-order chi connectivity index (χ0) is 12.0. The lowest BCUT2D eigenvalue weighted by molar-refractivity contribution is -0.384. The topological polar surface area (TPSA) is 60.2 Å². The van der Waals surface area contributed by atoms with Crippen molar-refractivity contribution in [1.29, 1.82) is 0 Å². The Balaban J connectivity index is 2.77. The molecule has 0 radical (unpaired) electrons. The number of hydrogen-bond donors (Lipinski definition) is 0. The van der Waals surface area contributed by atoms with Crippen LogP contribution in [0.2, 0.25) is 0 Å². The van der Waals surface area contributed by atoms with Crippen LogP contribution in [0.3, 0.4) is 0 Å². The SMILES string of the molecule is CC[C@@H](CCC=O)c1ccc([N+](=O)[O-])cc1. The van der Waals surface area contributed by atoms with Crippen LogP contribution in [-0.4, -0.2) is 11.2 Å². The Morgan fingerprint density at radius 3 is 2.44 bits per heavy atom. The second kappa shape index (κ2) is 6.00. The molecule has 1 aromatic rings. The first-order chi connectivity index (χ1) is 7.69. The Labute approximate surface area is 94.4 Å². The first-order valence-electron chi connectivity index (χ1n) is 5.37. The van der Waals surface area contributed by atoms with Gasteiger partial charge in [0.25, 0.3) is 5.69 Å². The summed E-state index contributed by atoms with van der Waals surface area (Å²) in [6.45, 7) is 2.05. The van der Waals surface area contributed by atoms with Crippen LogP contribution in [0.1, 0.15) is 37.7 Å². The second-order valence-corrected chi connectivity index (χ2v) is 3.70. The van der Waals surface area contributed by atoms with E-state index >= 15 is 0 Å². The molecule has 1 rings (SSSR count). The minimum atomic E-state index is -0.407. The van der Waals surface area contributed by atoms with Gasteiger partial charge >= 0.3 is 0 Å². The molecular weight excluding hydrogens is 206 g/mol. The molecule has 1 aromatic carbocycles. The van der Waals surface area contributed by atoms with Gasteiger partial charge in [-0.3, -0.25) is 10.1 Å². The van der Waals surface area contributed by atoms with Crippen LogP contribution in [0.4, 0.5) is 5.69 Å². The molecule has 0 saturated carbocycles. The fourth-order valence-electron chi connectivity index (χ4n) is 1.74. The molecule has 0 fully saturated rings. The lowest BCUT2D eigenvalue weighted by Gasteiger charge is -2.13. The third-order valence-electron chi connectivity index (χ3n) is 2.70. The van der Waals surface area contributed by atoms with Crippen LogP contribution in [0, 0.1) is 10.1 Å². The van der Waals surface area contributed by atoms with Crippen LogP contribution < -0.4 is 0 Å². The molecule has 4 nitrogen and oxygen atoms in total. The number of carbonyl (C=O) groups is 1. The maximum Gasteiger partial charge on any atom is 0.269 e. The minimum absolute atomic E-state index is 0.106. The molecule has 86 valence electrons. The van der Waals surface area contributed by atoms with Crippen molar-refractivity contribution >= 4 is 12.0 Å². The summed E-state index contributed by atoms with van der Waals surface area (Å²) in [5.74, 6) is 0.311. The van der Waals surface area contributed by atoms with Gasteiger partial charge < -0.3 is 4.79 Å². The number of nitro groups is 1. The molecule has 1 atom stereocenters. The fraction of sp³-hybridized carbons (Fsp3) is 0.417. The van der Waals surface area contributed by atoms with E-state index in [1.807, 2.05) is 0 Å². The van der Waals surface area contributed by atoms with E-state index in [2.05, 4.69) is 6.92 Å². The number of non-ortho nitro benzene ring substituents is 1. The molecule has 0 aliphatic rings. The summed E-state index contributed by atoms with van der Waals surface area (Å²) >= 11 is 0. The second-order valence-electron chi connectivity index (χ2n) is 3.70. The van der Waals surface area contributed by atoms with E-state index in [0.29, 0.717) is 12.3 Å². The van der Waals surface area contributed by atoms with E-state index in [0.717, 1.165) is 24.7 Å². The van der Waals surface area contributed by atoms with E-state index in [4.69, 9.17) is 0 Å². The zero-order valence-electron chi connectivity index (χ0n) is 9.26. The number of rotatable bonds is 6. The number of carbonyl (C=O) groups excluding carboxylic acids is 1. The predicted octanol–water partition coefficient (Wildman–Crippen LogP) is 3.07. The highest BCUT2D eigenvalue weighted by Gasteiger charge is 2.11. The standard InChI is InChI=1S/C12H15NO3/c1-2-10(4-3-9-14)11-5-7-12(8-6-11)13(15)16/h5-10H,2-4H2,1H3/t10-/m0/s1. The molecule has 4 heteroatoms. The average Bonchev–Trinajstić information content (AvgIpc) is 2.30. The lowest BCUT2D eigenvalue weighted by Crippen LogP contribution is -1.98. The molecule has 0 bridgehead atoms. The molecule has 0 aliphatic heterocycles. The van der Waals surface area contributed by atoms with E-state index in [-0.39, 0.29) is 5.69 Å². The first kappa shape index (κ1) is 12.4. The number of nitro benzene ring substituents is 1. The molecule has 0 spiro atoms. The molecule has 0 aromatic heterocycles. The minimum Gasteiger partial charge on any atom is -0.303 e. The van der Waals surface area contributed by atoms with Gasteiger partial charge in [0.2, 0.25) is 0 Å². The highest BCUT2D eigenvalue weighted by Crippen LogP contribution is 2.25. The molecule has 0 heterocycles. The van der Waals surface area contributed by atoms with Gasteiger partial charge in [-0.1, -0.05) is 19.1 Å². The Bertz CT molecular complexity index is 359. The number of nitrogens with zero attached hydrogens (tertiary/aromatic N) is 1. The Kier molecular flexibility index (Phi) is 4.64. The van der Waals surface area contributed by atoms with E-state index in [1.54, 1.807) is 12.1 Å². The van der Waals surface area contributed by atoms with Crippen molar-refractivity contribution in [2.45, 2.75) is 32.1 Å². The van der Waals surface area contributed by atoms with Crippen LogP contribution in [0.5, 0.6) is 0 Å². The third kappa shape index (κ3) is 3.15. The monoisotopic (exact) mass is 221 g/mol. The Morgan fingerprint density at radius 2 is 2.00 bits per heavy atom. The Hall–Kier alpha value is -1.71. The van der Waals surface area contributed by atoms with Crippen molar-refractivity contribution in [3.63, 3.8) is 0 Å². The van der Waals surface area contributed by atoms with Crippen molar-refractivity contribution in [2.75, 3.05) is 0 Å². The van der Waals surface area contributed by atoms with Gasteiger partial charge in [0, 0.05) is 18.6 Å². The van der Waals surface area contributed by atoms with Crippen molar-refractivity contribution < 1.29 is 9.72 Å². The third-order valence-corrected chi connectivity index (χ3v) is 2.70. The molecule has 0 unspecified atom stereocenters. The van der Waals surface area contributed by atoms with Crippen LogP contribution >= 0.6 is 0 Å². The average molecular weight is 221 g/mol. The maximum absolute atomic E-state index is 10.5. The molecule has 0 aliphatic carbocycles. The largest absolute Gasteiger partial charge is 0.303 e. The van der Waals surface area contributed by atoms with Gasteiger partial charge in [0.15, 0.2) is 0 Å². The van der Waals surface area contributed by atoms with Crippen molar-refractivity contribution in [2.24, 2.45) is 0 Å². The van der Waals surface area contributed by atoms with E-state index in [9.17, 15) is 14.9 Å². The quantitative estimate of drug-likeness (QED) is 0.421. The summed E-state index contributed by atoms with van der Waals surface area (Å²) in [5, 5.41) is 10.5. The van der Waals surface area contributed by atoms with Gasteiger partial charge in [-0.15, -0.1) is 0 Å². The van der Waals surface area contributed by atoms with Crippen molar-refractivity contribution in [3.05, 3.63) is 39.9 Å². The van der Waals surface area contributed by atoms with E-state index in [1.165, 1.54) is 12.1 Å². The summed E-state index contributed by atoms with van der Waals surface area (Å²) in [6.07, 6.45) is 3.19. The summed E-state index contributed by atoms with van der Waals surface area (Å²) in [6, 6.07) is 6.58. The lowest BCUT2D eigenvalue weighted by atomic mass is 9.92. The fourth-order valence-corrected chi connectivity index (χ4v) is 1.74. The summed E-state index contributed by atoms with van der Waals surface area (Å²) in [5.41, 5.74) is 1.17. The zero-order valence-corrected chi connectivity index (χ0v) is 9.26. The molecule has 0 N–H and O–H groups in total. The van der Waals surface area contributed by atoms with Gasteiger partial charge in [0.05, 0.1) is 4.92 Å².